The molecular weight excluding hydrogens is 400 g/mol. The molecule has 0 N–H and O–H groups in total. The van der Waals surface area contributed by atoms with Crippen molar-refractivity contribution in [2.45, 2.75) is 50.2 Å². The maximum atomic E-state index is 6.81. The Bertz CT molecular complexity index is 1150. The van der Waals surface area contributed by atoms with Gasteiger partial charge in [-0.25, -0.2) is 0 Å². The zero-order chi connectivity index (χ0) is 20.4. The molecule has 1 saturated heterocycles. The third-order valence-electron chi connectivity index (χ3n) is 7.91. The van der Waals surface area contributed by atoms with E-state index in [1.807, 2.05) is 0 Å². The number of rotatable bonds is 0. The first kappa shape index (κ1) is 17.7. The van der Waals surface area contributed by atoms with Crippen LogP contribution in [0.4, 0.5) is 0 Å². The standard InChI is InChI=1S/C26H26O2Si2/c1-29(2)21-13-19-20(14-22(21)30(3,4)28-29)26-24-18-12-8-6-10-16(18)15-9-5-7-11-17(15)23(24)25(19)27-26/h5-14,23-26H,1-4H3/t23-,24+,25+,26-. The number of ether oxygens (including phenoxy) is 1. The minimum Gasteiger partial charge on any atom is -0.449 e. The molecule has 0 aromatic heterocycles. The van der Waals surface area contributed by atoms with E-state index in [0.29, 0.717) is 11.8 Å². The highest BCUT2D eigenvalue weighted by atomic mass is 28.4. The van der Waals surface area contributed by atoms with Crippen molar-refractivity contribution in [3.63, 3.8) is 0 Å². The topological polar surface area (TPSA) is 18.5 Å². The maximum absolute atomic E-state index is 6.81. The van der Waals surface area contributed by atoms with Crippen LogP contribution in [0.5, 0.6) is 0 Å². The lowest BCUT2D eigenvalue weighted by atomic mass is 9.64. The SMILES string of the molecule is C[Si]1(C)O[Si](C)(C)c2cc3c(cc21)[C@H]1O[C@@H]3[C@@H]2c3ccccc3-c3ccccc3[C@@H]21. The molecule has 2 bridgehead atoms. The summed E-state index contributed by atoms with van der Waals surface area (Å²) >= 11 is 0. The quantitative estimate of drug-likeness (QED) is 0.459. The molecule has 4 heteroatoms. The first-order chi connectivity index (χ1) is 14.4. The molecule has 1 aliphatic carbocycles. The van der Waals surface area contributed by atoms with Gasteiger partial charge in [0, 0.05) is 11.8 Å². The smallest absolute Gasteiger partial charge is 0.206 e. The van der Waals surface area contributed by atoms with Crippen molar-refractivity contribution in [2.75, 3.05) is 0 Å². The molecule has 0 radical (unpaired) electrons. The molecule has 0 saturated carbocycles. The molecule has 0 unspecified atom stereocenters. The lowest BCUT2D eigenvalue weighted by Crippen LogP contribution is -2.45. The monoisotopic (exact) mass is 426 g/mol. The summed E-state index contributed by atoms with van der Waals surface area (Å²) in [5.41, 5.74) is 8.57. The molecule has 3 aromatic carbocycles. The second kappa shape index (κ2) is 5.43. The Morgan fingerprint density at radius 1 is 0.600 bits per heavy atom. The van der Waals surface area contributed by atoms with E-state index in [0.717, 1.165) is 0 Å². The molecule has 7 rings (SSSR count). The van der Waals surface area contributed by atoms with E-state index in [2.05, 4.69) is 86.9 Å². The highest BCUT2D eigenvalue weighted by Crippen LogP contribution is 2.68. The molecule has 150 valence electrons. The van der Waals surface area contributed by atoms with Crippen molar-refractivity contribution in [3.8, 4) is 11.1 Å². The van der Waals surface area contributed by atoms with Crippen molar-refractivity contribution in [2.24, 2.45) is 0 Å². The predicted molar refractivity (Wildman–Crippen MR) is 126 cm³/mol. The van der Waals surface area contributed by atoms with Gasteiger partial charge in [0.05, 0.1) is 12.2 Å². The zero-order valence-corrected chi connectivity index (χ0v) is 19.9. The molecule has 3 aliphatic heterocycles. The number of benzene rings is 3. The first-order valence-electron chi connectivity index (χ1n) is 11.1. The van der Waals surface area contributed by atoms with Gasteiger partial charge in [-0.1, -0.05) is 60.7 Å². The number of fused-ring (bicyclic) bond motifs is 14. The van der Waals surface area contributed by atoms with Crippen LogP contribution < -0.4 is 10.4 Å². The summed E-state index contributed by atoms with van der Waals surface area (Å²) < 4.78 is 13.6. The van der Waals surface area contributed by atoms with Gasteiger partial charge >= 0.3 is 0 Å². The Labute approximate surface area is 180 Å². The van der Waals surface area contributed by atoms with Gasteiger partial charge in [0.2, 0.25) is 16.6 Å². The van der Waals surface area contributed by atoms with Gasteiger partial charge in [0.25, 0.3) is 0 Å². The van der Waals surface area contributed by atoms with E-state index in [-0.39, 0.29) is 12.2 Å². The van der Waals surface area contributed by atoms with E-state index >= 15 is 0 Å². The highest BCUT2D eigenvalue weighted by molar-refractivity contribution is 7.05. The van der Waals surface area contributed by atoms with Crippen LogP contribution in [0.3, 0.4) is 0 Å². The van der Waals surface area contributed by atoms with Gasteiger partial charge in [0.1, 0.15) is 0 Å². The Hall–Kier alpha value is -1.99. The molecular formula is C26H26O2Si2. The number of hydrogen-bond donors (Lipinski definition) is 0. The lowest BCUT2D eigenvalue weighted by Gasteiger charge is -2.37. The minimum atomic E-state index is -1.83. The summed E-state index contributed by atoms with van der Waals surface area (Å²) in [4.78, 5) is 0. The molecule has 3 heterocycles. The van der Waals surface area contributed by atoms with E-state index in [4.69, 9.17) is 8.85 Å². The van der Waals surface area contributed by atoms with Crippen molar-refractivity contribution in [1.29, 1.82) is 0 Å². The Kier molecular flexibility index (Phi) is 3.20. The van der Waals surface area contributed by atoms with Gasteiger partial charge in [-0.3, -0.25) is 0 Å². The highest BCUT2D eigenvalue weighted by Gasteiger charge is 2.57. The van der Waals surface area contributed by atoms with Crippen LogP contribution in [-0.4, -0.2) is 16.6 Å². The van der Waals surface area contributed by atoms with E-state index < -0.39 is 16.6 Å². The fraction of sp³-hybridized carbons (Fsp3) is 0.308. The van der Waals surface area contributed by atoms with Crippen LogP contribution in [-0.2, 0) is 8.85 Å². The number of hydrogen-bond acceptors (Lipinski definition) is 2. The van der Waals surface area contributed by atoms with Crippen LogP contribution in [0, 0.1) is 0 Å². The normalized spacial score (nSPS) is 30.3. The summed E-state index contributed by atoms with van der Waals surface area (Å²) in [5.74, 6) is 0.813. The van der Waals surface area contributed by atoms with Gasteiger partial charge in [0.15, 0.2) is 0 Å². The summed E-state index contributed by atoms with van der Waals surface area (Å²) in [5, 5.41) is 3.05. The second-order valence-corrected chi connectivity index (χ2v) is 18.3. The van der Waals surface area contributed by atoms with Crippen LogP contribution in [0.15, 0.2) is 60.7 Å². The second-order valence-electron chi connectivity index (χ2n) is 10.4. The summed E-state index contributed by atoms with van der Waals surface area (Å²) in [6, 6.07) is 23.0. The van der Waals surface area contributed by atoms with Crippen molar-refractivity contribution in [3.05, 3.63) is 82.9 Å². The van der Waals surface area contributed by atoms with Crippen LogP contribution in [0.1, 0.15) is 46.3 Å². The zero-order valence-electron chi connectivity index (χ0n) is 17.9. The van der Waals surface area contributed by atoms with E-state index in [1.165, 1.54) is 43.8 Å². The van der Waals surface area contributed by atoms with E-state index in [9.17, 15) is 0 Å². The molecule has 1 fully saturated rings. The fourth-order valence-electron chi connectivity index (χ4n) is 6.89. The third-order valence-corrected chi connectivity index (χ3v) is 15.7. The van der Waals surface area contributed by atoms with Crippen molar-refractivity contribution in [1.82, 2.24) is 0 Å². The average molecular weight is 427 g/mol. The van der Waals surface area contributed by atoms with Gasteiger partial charge < -0.3 is 8.85 Å². The van der Waals surface area contributed by atoms with Crippen molar-refractivity contribution < 1.29 is 8.85 Å². The van der Waals surface area contributed by atoms with Gasteiger partial charge in [-0.15, -0.1) is 0 Å². The molecule has 2 nitrogen and oxygen atoms in total. The summed E-state index contributed by atoms with van der Waals surface area (Å²) in [7, 11) is -3.67. The molecule has 3 aromatic rings. The Morgan fingerprint density at radius 2 is 1.03 bits per heavy atom. The average Bonchev–Trinajstić information content (AvgIpc) is 3.34. The predicted octanol–water partition coefficient (Wildman–Crippen LogP) is 5.22. The fourth-order valence-corrected chi connectivity index (χ4v) is 17.1. The molecule has 0 spiro atoms. The molecule has 30 heavy (non-hydrogen) atoms. The summed E-state index contributed by atoms with van der Waals surface area (Å²) in [6.45, 7) is 9.46. The van der Waals surface area contributed by atoms with Crippen molar-refractivity contribution >= 4 is 27.0 Å². The Morgan fingerprint density at radius 3 is 1.50 bits per heavy atom. The van der Waals surface area contributed by atoms with Gasteiger partial charge in [-0.2, -0.15) is 0 Å². The maximum Gasteiger partial charge on any atom is 0.206 e. The van der Waals surface area contributed by atoms with Crippen LogP contribution >= 0.6 is 0 Å². The summed E-state index contributed by atoms with van der Waals surface area (Å²) in [6.07, 6.45) is 0.315. The van der Waals surface area contributed by atoms with Gasteiger partial charge in [-0.05, 0) is 69.9 Å². The lowest BCUT2D eigenvalue weighted by molar-refractivity contribution is 0.0644. The van der Waals surface area contributed by atoms with E-state index in [1.54, 1.807) is 0 Å². The molecule has 4 atom stereocenters. The first-order valence-corrected chi connectivity index (χ1v) is 16.9. The van der Waals surface area contributed by atoms with Crippen LogP contribution in [0.2, 0.25) is 26.2 Å². The molecule has 4 aliphatic rings. The molecule has 0 amide bonds. The van der Waals surface area contributed by atoms with Crippen LogP contribution in [0.25, 0.3) is 11.1 Å². The largest absolute Gasteiger partial charge is 0.449 e. The minimum absolute atomic E-state index is 0.157. The third kappa shape index (κ3) is 2.01. The Balaban J connectivity index is 1.48.